The average molecular weight is 376 g/mol. The zero-order valence-electron chi connectivity index (χ0n) is 11.7. The van der Waals surface area contributed by atoms with Crippen molar-refractivity contribution in [2.75, 3.05) is 0 Å². The average Bonchev–Trinajstić information content (AvgIpc) is 3.16. The fourth-order valence-corrected chi connectivity index (χ4v) is 5.06. The molecule has 1 aromatic heterocycles. The van der Waals surface area contributed by atoms with Gasteiger partial charge in [-0.3, -0.25) is 0 Å². The molecule has 0 amide bonds. The zero-order valence-corrected chi connectivity index (χ0v) is 14.9. The first-order valence-electron chi connectivity index (χ1n) is 6.90. The van der Waals surface area contributed by atoms with Crippen molar-refractivity contribution in [3.63, 3.8) is 0 Å². The van der Waals surface area contributed by atoms with E-state index < -0.39 is 10.0 Å². The predicted octanol–water partition coefficient (Wildman–Crippen LogP) is 4.55. The highest BCUT2D eigenvalue weighted by molar-refractivity contribution is 7.88. The Kier molecular flexibility index (Phi) is 4.80. The maximum atomic E-state index is 12.8. The molecule has 7 heteroatoms. The van der Waals surface area contributed by atoms with Gasteiger partial charge in [0, 0.05) is 12.6 Å². The number of hydrogen-bond acceptors (Lipinski definition) is 3. The van der Waals surface area contributed by atoms with E-state index in [1.807, 2.05) is 16.8 Å². The lowest BCUT2D eigenvalue weighted by Crippen LogP contribution is -2.33. The van der Waals surface area contributed by atoms with E-state index in [0.717, 1.165) is 18.4 Å². The molecule has 0 aliphatic heterocycles. The largest absolute Gasteiger partial charge is 0.218 e. The van der Waals surface area contributed by atoms with Gasteiger partial charge < -0.3 is 0 Å². The second-order valence-electron chi connectivity index (χ2n) is 5.41. The van der Waals surface area contributed by atoms with Crippen molar-refractivity contribution >= 4 is 44.6 Å². The third kappa shape index (κ3) is 3.84. The van der Waals surface area contributed by atoms with Crippen LogP contribution in [0.15, 0.2) is 35.0 Å². The smallest absolute Gasteiger partial charge is 0.212 e. The lowest BCUT2D eigenvalue weighted by Gasteiger charge is -2.21. The number of hydrogen-bond donors (Lipinski definition) is 0. The quantitative estimate of drug-likeness (QED) is 0.742. The lowest BCUT2D eigenvalue weighted by molar-refractivity contribution is 0.398. The molecule has 0 saturated heterocycles. The van der Waals surface area contributed by atoms with E-state index in [-0.39, 0.29) is 11.8 Å². The molecule has 118 valence electrons. The Morgan fingerprint density at radius 2 is 1.91 bits per heavy atom. The molecule has 1 heterocycles. The summed E-state index contributed by atoms with van der Waals surface area (Å²) in [5, 5.41) is 4.76. The van der Waals surface area contributed by atoms with Crippen molar-refractivity contribution in [1.82, 2.24) is 4.31 Å². The van der Waals surface area contributed by atoms with Gasteiger partial charge in [-0.15, -0.1) is 0 Å². The second kappa shape index (κ2) is 6.49. The highest BCUT2D eigenvalue weighted by atomic mass is 35.5. The first-order chi connectivity index (χ1) is 10.5. The summed E-state index contributed by atoms with van der Waals surface area (Å²) in [6.07, 6.45) is 1.87. The van der Waals surface area contributed by atoms with Gasteiger partial charge in [0.05, 0.1) is 15.8 Å². The summed E-state index contributed by atoms with van der Waals surface area (Å²) in [6, 6.07) is 7.06. The molecule has 3 rings (SSSR count). The second-order valence-corrected chi connectivity index (χ2v) is 8.93. The van der Waals surface area contributed by atoms with Gasteiger partial charge in [0.1, 0.15) is 0 Å². The van der Waals surface area contributed by atoms with Gasteiger partial charge in [-0.2, -0.15) is 15.6 Å². The van der Waals surface area contributed by atoms with E-state index in [1.54, 1.807) is 33.8 Å². The SMILES string of the molecule is O=S(=O)(Cc1ccc(Cl)c(Cl)c1)N(Cc1ccsc1)C1CC1. The molecule has 0 N–H and O–H groups in total. The molecule has 1 fully saturated rings. The Morgan fingerprint density at radius 3 is 2.50 bits per heavy atom. The number of rotatable bonds is 6. The minimum Gasteiger partial charge on any atom is -0.212 e. The Bertz CT molecular complexity index is 756. The van der Waals surface area contributed by atoms with Crippen LogP contribution in [0.5, 0.6) is 0 Å². The van der Waals surface area contributed by atoms with Gasteiger partial charge in [0.25, 0.3) is 0 Å². The summed E-state index contributed by atoms with van der Waals surface area (Å²) in [5.74, 6) is -0.0511. The van der Waals surface area contributed by atoms with Gasteiger partial charge in [0.2, 0.25) is 10.0 Å². The van der Waals surface area contributed by atoms with Crippen LogP contribution in [0, 0.1) is 0 Å². The summed E-state index contributed by atoms with van der Waals surface area (Å²) in [5.41, 5.74) is 1.69. The lowest BCUT2D eigenvalue weighted by atomic mass is 10.2. The zero-order chi connectivity index (χ0) is 15.7. The molecule has 1 saturated carbocycles. The van der Waals surface area contributed by atoms with Gasteiger partial charge in [-0.25, -0.2) is 8.42 Å². The summed E-state index contributed by atoms with van der Waals surface area (Å²) in [4.78, 5) is 0. The van der Waals surface area contributed by atoms with Crippen LogP contribution in [-0.2, 0) is 22.3 Å². The molecule has 0 spiro atoms. The molecule has 1 aliphatic carbocycles. The molecule has 2 aromatic rings. The van der Waals surface area contributed by atoms with Gasteiger partial charge in [-0.1, -0.05) is 29.3 Å². The van der Waals surface area contributed by atoms with E-state index in [2.05, 4.69) is 0 Å². The fraction of sp³-hybridized carbons (Fsp3) is 0.333. The number of halogens is 2. The van der Waals surface area contributed by atoms with Crippen molar-refractivity contribution < 1.29 is 8.42 Å². The normalized spacial score (nSPS) is 15.4. The number of nitrogens with zero attached hydrogens (tertiary/aromatic N) is 1. The predicted molar refractivity (Wildman–Crippen MR) is 92.0 cm³/mol. The van der Waals surface area contributed by atoms with Crippen LogP contribution in [0.4, 0.5) is 0 Å². The Morgan fingerprint density at radius 1 is 1.14 bits per heavy atom. The van der Waals surface area contributed by atoms with Crippen molar-refractivity contribution in [2.24, 2.45) is 0 Å². The van der Waals surface area contributed by atoms with Crippen LogP contribution in [0.2, 0.25) is 10.0 Å². The summed E-state index contributed by atoms with van der Waals surface area (Å²) < 4.78 is 27.1. The molecule has 0 radical (unpaired) electrons. The van der Waals surface area contributed by atoms with Crippen molar-refractivity contribution in [3.05, 3.63) is 56.2 Å². The summed E-state index contributed by atoms with van der Waals surface area (Å²) >= 11 is 13.4. The topological polar surface area (TPSA) is 37.4 Å². The van der Waals surface area contributed by atoms with E-state index in [4.69, 9.17) is 23.2 Å². The molecule has 3 nitrogen and oxygen atoms in total. The van der Waals surface area contributed by atoms with Crippen molar-refractivity contribution in [3.8, 4) is 0 Å². The van der Waals surface area contributed by atoms with Crippen LogP contribution in [0.1, 0.15) is 24.0 Å². The standard InChI is InChI=1S/C15H15Cl2NO2S2/c16-14-4-1-11(7-15(14)17)10-22(19,20)18(13-2-3-13)8-12-5-6-21-9-12/h1,4-7,9,13H,2-3,8,10H2. The fourth-order valence-electron chi connectivity index (χ4n) is 2.30. The molecular weight excluding hydrogens is 361 g/mol. The van der Waals surface area contributed by atoms with E-state index in [0.29, 0.717) is 22.2 Å². The van der Waals surface area contributed by atoms with E-state index >= 15 is 0 Å². The molecule has 1 aromatic carbocycles. The van der Waals surface area contributed by atoms with Crippen molar-refractivity contribution in [2.45, 2.75) is 31.2 Å². The van der Waals surface area contributed by atoms with Gasteiger partial charge in [-0.05, 0) is 52.9 Å². The third-order valence-electron chi connectivity index (χ3n) is 3.56. The highest BCUT2D eigenvalue weighted by Gasteiger charge is 2.37. The Balaban J connectivity index is 1.81. The maximum absolute atomic E-state index is 12.8. The Labute approximate surface area is 144 Å². The highest BCUT2D eigenvalue weighted by Crippen LogP contribution is 2.33. The molecule has 1 aliphatic rings. The molecule has 0 bridgehead atoms. The first-order valence-corrected chi connectivity index (χ1v) is 10.2. The molecular formula is C15H15Cl2NO2S2. The number of thiophene rings is 1. The van der Waals surface area contributed by atoms with Crippen LogP contribution in [-0.4, -0.2) is 18.8 Å². The number of benzene rings is 1. The van der Waals surface area contributed by atoms with Crippen LogP contribution in [0.25, 0.3) is 0 Å². The first kappa shape index (κ1) is 16.3. The van der Waals surface area contributed by atoms with Crippen LogP contribution in [0.3, 0.4) is 0 Å². The molecule has 0 unspecified atom stereocenters. The maximum Gasteiger partial charge on any atom is 0.218 e. The minimum atomic E-state index is -3.38. The monoisotopic (exact) mass is 375 g/mol. The molecule has 0 atom stereocenters. The molecule has 22 heavy (non-hydrogen) atoms. The minimum absolute atomic E-state index is 0.0511. The summed E-state index contributed by atoms with van der Waals surface area (Å²) in [6.45, 7) is 0.442. The van der Waals surface area contributed by atoms with Crippen molar-refractivity contribution in [1.29, 1.82) is 0 Å². The Hall–Kier alpha value is -0.590. The van der Waals surface area contributed by atoms with E-state index in [9.17, 15) is 8.42 Å². The van der Waals surface area contributed by atoms with Gasteiger partial charge in [0.15, 0.2) is 0 Å². The van der Waals surface area contributed by atoms with Crippen LogP contribution >= 0.6 is 34.5 Å². The van der Waals surface area contributed by atoms with E-state index in [1.165, 1.54) is 0 Å². The van der Waals surface area contributed by atoms with Crippen LogP contribution < -0.4 is 0 Å². The number of sulfonamides is 1. The van der Waals surface area contributed by atoms with Gasteiger partial charge >= 0.3 is 0 Å². The third-order valence-corrected chi connectivity index (χ3v) is 6.87. The summed E-state index contributed by atoms with van der Waals surface area (Å²) in [7, 11) is -3.38.